The third-order valence-electron chi connectivity index (χ3n) is 7.77. The lowest BCUT2D eigenvalue weighted by Gasteiger charge is -2.51. The highest BCUT2D eigenvalue weighted by molar-refractivity contribution is 5.80. The Kier molecular flexibility index (Phi) is 6.79. The first-order valence-corrected chi connectivity index (χ1v) is 13.1. The summed E-state index contributed by atoms with van der Waals surface area (Å²) in [5, 5.41) is 0. The van der Waals surface area contributed by atoms with Gasteiger partial charge in [0.2, 0.25) is 0 Å². The van der Waals surface area contributed by atoms with Crippen molar-refractivity contribution in [3.63, 3.8) is 0 Å². The number of aryl methyl sites for hydroxylation is 2. The predicted octanol–water partition coefficient (Wildman–Crippen LogP) is 8.64. The molecule has 2 nitrogen and oxygen atoms in total. The van der Waals surface area contributed by atoms with Gasteiger partial charge >= 0.3 is 0 Å². The molecule has 3 aromatic carbocycles. The summed E-state index contributed by atoms with van der Waals surface area (Å²) in [5.41, 5.74) is 8.93. The van der Waals surface area contributed by atoms with E-state index in [9.17, 15) is 0 Å². The van der Waals surface area contributed by atoms with E-state index < -0.39 is 0 Å². The molecular formula is C33H42O2. The first-order chi connectivity index (χ1) is 16.4. The molecule has 0 fully saturated rings. The van der Waals surface area contributed by atoms with Crippen LogP contribution in [0, 0.1) is 25.7 Å². The lowest BCUT2D eigenvalue weighted by Crippen LogP contribution is -2.46. The highest BCUT2D eigenvalue weighted by atomic mass is 16.5. The maximum absolute atomic E-state index is 6.35. The Balaban J connectivity index is 1.93. The van der Waals surface area contributed by atoms with Crippen LogP contribution in [0.4, 0.5) is 0 Å². The third kappa shape index (κ3) is 4.48. The summed E-state index contributed by atoms with van der Waals surface area (Å²) in [6.45, 7) is 21.6. The minimum atomic E-state index is -0.248. The van der Waals surface area contributed by atoms with Gasteiger partial charge < -0.3 is 9.47 Å². The van der Waals surface area contributed by atoms with Gasteiger partial charge in [-0.05, 0) is 65.6 Å². The fourth-order valence-corrected chi connectivity index (χ4v) is 5.40. The summed E-state index contributed by atoms with van der Waals surface area (Å²) in [6.07, 6.45) is 0. The lowest BCUT2D eigenvalue weighted by atomic mass is 9.52. The molecule has 0 spiro atoms. The summed E-state index contributed by atoms with van der Waals surface area (Å²) in [6, 6.07) is 20.5. The Hall–Kier alpha value is -2.74. The Morgan fingerprint density at radius 1 is 0.629 bits per heavy atom. The molecule has 0 saturated carbocycles. The Morgan fingerprint density at radius 3 is 1.71 bits per heavy atom. The standard InChI is InChI=1S/C33H42O2/c1-21(2)19-34-30-15-12-25(18-31(30)35-20-22(3)4)33(9)29-17-24(6)11-14-27(29)26-13-10-23(5)16-28(26)32(33,7)8/h10-18,21-22H,19-20H2,1-9H3. The van der Waals surface area contributed by atoms with Crippen LogP contribution in [-0.4, -0.2) is 13.2 Å². The molecule has 4 rings (SSSR count). The summed E-state index contributed by atoms with van der Waals surface area (Å²) in [4.78, 5) is 0. The van der Waals surface area contributed by atoms with E-state index in [1.165, 1.54) is 38.9 Å². The van der Waals surface area contributed by atoms with Crippen LogP contribution in [0.2, 0.25) is 0 Å². The van der Waals surface area contributed by atoms with Gasteiger partial charge in [0.05, 0.1) is 13.2 Å². The second kappa shape index (κ2) is 9.37. The molecule has 0 aromatic heterocycles. The van der Waals surface area contributed by atoms with E-state index in [0.29, 0.717) is 25.0 Å². The maximum Gasteiger partial charge on any atom is 0.161 e. The molecule has 0 N–H and O–H groups in total. The van der Waals surface area contributed by atoms with E-state index in [4.69, 9.17) is 9.47 Å². The van der Waals surface area contributed by atoms with E-state index in [1.807, 2.05) is 0 Å². The summed E-state index contributed by atoms with van der Waals surface area (Å²) < 4.78 is 12.5. The number of hydrogen-bond acceptors (Lipinski definition) is 2. The average Bonchev–Trinajstić information content (AvgIpc) is 2.80. The van der Waals surface area contributed by atoms with Gasteiger partial charge in [-0.2, -0.15) is 0 Å². The minimum absolute atomic E-state index is 0.134. The number of rotatable bonds is 7. The van der Waals surface area contributed by atoms with E-state index in [1.54, 1.807) is 0 Å². The van der Waals surface area contributed by atoms with Gasteiger partial charge in [0.25, 0.3) is 0 Å². The fourth-order valence-electron chi connectivity index (χ4n) is 5.40. The largest absolute Gasteiger partial charge is 0.489 e. The zero-order valence-corrected chi connectivity index (χ0v) is 23.1. The van der Waals surface area contributed by atoms with Gasteiger partial charge in [-0.15, -0.1) is 0 Å². The van der Waals surface area contributed by atoms with Crippen molar-refractivity contribution in [2.24, 2.45) is 11.8 Å². The second-order valence-electron chi connectivity index (χ2n) is 11.9. The molecule has 2 heteroatoms. The van der Waals surface area contributed by atoms with Crippen LogP contribution in [0.5, 0.6) is 11.5 Å². The van der Waals surface area contributed by atoms with Crippen molar-refractivity contribution >= 4 is 0 Å². The molecule has 0 radical (unpaired) electrons. The van der Waals surface area contributed by atoms with Gasteiger partial charge in [-0.25, -0.2) is 0 Å². The van der Waals surface area contributed by atoms with Crippen molar-refractivity contribution in [1.29, 1.82) is 0 Å². The number of hydrogen-bond donors (Lipinski definition) is 0. The molecule has 1 unspecified atom stereocenters. The van der Waals surface area contributed by atoms with Crippen molar-refractivity contribution in [2.75, 3.05) is 13.2 Å². The average molecular weight is 471 g/mol. The molecular weight excluding hydrogens is 428 g/mol. The summed E-state index contributed by atoms with van der Waals surface area (Å²) in [7, 11) is 0. The molecule has 1 aliphatic rings. The quantitative estimate of drug-likeness (QED) is 0.344. The first-order valence-electron chi connectivity index (χ1n) is 13.1. The van der Waals surface area contributed by atoms with Gasteiger partial charge in [0, 0.05) is 10.8 Å². The topological polar surface area (TPSA) is 18.5 Å². The molecule has 186 valence electrons. The van der Waals surface area contributed by atoms with Crippen LogP contribution in [0.1, 0.15) is 76.3 Å². The monoisotopic (exact) mass is 470 g/mol. The third-order valence-corrected chi connectivity index (χ3v) is 7.77. The van der Waals surface area contributed by atoms with Crippen molar-refractivity contribution in [2.45, 2.75) is 73.1 Å². The zero-order valence-electron chi connectivity index (χ0n) is 23.1. The van der Waals surface area contributed by atoms with E-state index in [-0.39, 0.29) is 10.8 Å². The van der Waals surface area contributed by atoms with Crippen molar-refractivity contribution in [3.05, 3.63) is 82.4 Å². The summed E-state index contributed by atoms with van der Waals surface area (Å²) in [5.74, 6) is 2.58. The van der Waals surface area contributed by atoms with Crippen LogP contribution in [0.3, 0.4) is 0 Å². The summed E-state index contributed by atoms with van der Waals surface area (Å²) >= 11 is 0. The fraction of sp³-hybridized carbons (Fsp3) is 0.455. The Morgan fingerprint density at radius 2 is 1.14 bits per heavy atom. The lowest BCUT2D eigenvalue weighted by molar-refractivity contribution is 0.228. The molecule has 0 amide bonds. The minimum Gasteiger partial charge on any atom is -0.489 e. The Labute approximate surface area is 212 Å². The molecule has 0 bridgehead atoms. The van der Waals surface area contributed by atoms with Crippen LogP contribution < -0.4 is 9.47 Å². The molecule has 0 aliphatic heterocycles. The normalized spacial score (nSPS) is 18.4. The first kappa shape index (κ1) is 25.4. The highest BCUT2D eigenvalue weighted by Crippen LogP contribution is 2.57. The zero-order chi connectivity index (χ0) is 25.5. The highest BCUT2D eigenvalue weighted by Gasteiger charge is 2.50. The van der Waals surface area contributed by atoms with Gasteiger partial charge in [0.15, 0.2) is 11.5 Å². The van der Waals surface area contributed by atoms with Crippen molar-refractivity contribution in [3.8, 4) is 22.6 Å². The van der Waals surface area contributed by atoms with Crippen LogP contribution >= 0.6 is 0 Å². The Bertz CT molecular complexity index is 1220. The van der Waals surface area contributed by atoms with Crippen LogP contribution in [0.15, 0.2) is 54.6 Å². The van der Waals surface area contributed by atoms with E-state index in [0.717, 1.165) is 11.5 Å². The number of benzene rings is 3. The molecule has 0 saturated heterocycles. The second-order valence-corrected chi connectivity index (χ2v) is 11.9. The number of ether oxygens (including phenoxy) is 2. The molecule has 1 atom stereocenters. The van der Waals surface area contributed by atoms with Gasteiger partial charge in [0.1, 0.15) is 0 Å². The van der Waals surface area contributed by atoms with Crippen molar-refractivity contribution in [1.82, 2.24) is 0 Å². The molecule has 3 aromatic rings. The molecule has 1 aliphatic carbocycles. The number of fused-ring (bicyclic) bond motifs is 3. The molecule has 0 heterocycles. The smallest absolute Gasteiger partial charge is 0.161 e. The van der Waals surface area contributed by atoms with Crippen molar-refractivity contribution < 1.29 is 9.47 Å². The van der Waals surface area contributed by atoms with E-state index >= 15 is 0 Å². The van der Waals surface area contributed by atoms with Crippen LogP contribution in [-0.2, 0) is 10.8 Å². The van der Waals surface area contributed by atoms with E-state index in [2.05, 4.69) is 117 Å². The van der Waals surface area contributed by atoms with Gasteiger partial charge in [-0.1, -0.05) is 102 Å². The SMILES string of the molecule is Cc1ccc2c(c1)C(C)(C)C(C)(c1ccc(OCC(C)C)c(OCC(C)C)c1)c1cc(C)ccc1-2. The maximum atomic E-state index is 6.35. The van der Waals surface area contributed by atoms with Crippen LogP contribution in [0.25, 0.3) is 11.1 Å². The van der Waals surface area contributed by atoms with Gasteiger partial charge in [-0.3, -0.25) is 0 Å². The predicted molar refractivity (Wildman–Crippen MR) is 148 cm³/mol. The molecule has 35 heavy (non-hydrogen) atoms.